The Kier molecular flexibility index (Phi) is 29.8. The molecule has 0 aliphatic rings. The molecule has 23 heteroatoms. The van der Waals surface area contributed by atoms with E-state index in [0.29, 0.717) is 19.3 Å². The van der Waals surface area contributed by atoms with E-state index in [-0.39, 0.29) is 76.1 Å². The first kappa shape index (κ1) is 64.7. The summed E-state index contributed by atoms with van der Waals surface area (Å²) < 4.78 is 20.2. The number of carbonyl (C=O) groups is 9. The summed E-state index contributed by atoms with van der Waals surface area (Å²) >= 11 is 4.46. The third kappa shape index (κ3) is 21.5. The summed E-state index contributed by atoms with van der Waals surface area (Å²) in [5.74, 6) is -5.26. The van der Waals surface area contributed by atoms with Crippen LogP contribution in [0.25, 0.3) is 0 Å². The van der Waals surface area contributed by atoms with Gasteiger partial charge in [-0.2, -0.15) is 0 Å². The number of nitrogens with one attached hydrogen (secondary N) is 6. The summed E-state index contributed by atoms with van der Waals surface area (Å²) in [4.78, 5) is 115. The summed E-state index contributed by atoms with van der Waals surface area (Å²) in [5, 5.41) is 16.5. The number of benzene rings is 3. The van der Waals surface area contributed by atoms with Crippen LogP contribution in [-0.4, -0.2) is 141 Å². The van der Waals surface area contributed by atoms with Crippen LogP contribution in [0.2, 0.25) is 0 Å². The van der Waals surface area contributed by atoms with Gasteiger partial charge in [0.25, 0.3) is 0 Å². The number of unbranched alkanes of at least 4 members (excludes halogenated alkanes) is 1. The number of amides is 5. The predicted molar refractivity (Wildman–Crippen MR) is 302 cm³/mol. The number of carbonyl (C=O) groups excluding carboxylic acids is 9. The summed E-state index contributed by atoms with van der Waals surface area (Å²) in [6.07, 6.45) is 2.24. The molecule has 0 spiro atoms. The molecule has 0 unspecified atom stereocenters. The Balaban J connectivity index is 1.68. The number of hydrogen-bond donors (Lipinski definition) is 6. The molecule has 0 radical (unpaired) electrons. The topological polar surface area (TPSA) is 263 Å². The Morgan fingerprint density at radius 3 is 1.39 bits per heavy atom. The molecule has 3 rings (SSSR count). The van der Waals surface area contributed by atoms with Gasteiger partial charge in [0, 0.05) is 24.9 Å². The van der Waals surface area contributed by atoms with Crippen LogP contribution in [0.4, 0.5) is 0 Å². The minimum atomic E-state index is -3.20. The van der Waals surface area contributed by atoms with Crippen molar-refractivity contribution in [2.45, 2.75) is 104 Å². The molecule has 0 aliphatic heterocycles. The second-order valence-electron chi connectivity index (χ2n) is 17.2. The molecule has 76 heavy (non-hydrogen) atoms. The average molecular weight is 1180 g/mol. The first-order chi connectivity index (χ1) is 36.5. The van der Waals surface area contributed by atoms with E-state index in [4.69, 9.17) is 18.9 Å². The van der Waals surface area contributed by atoms with Gasteiger partial charge in [-0.05, 0) is 27.2 Å². The van der Waals surface area contributed by atoms with Crippen molar-refractivity contribution in [3.63, 3.8) is 0 Å². The van der Waals surface area contributed by atoms with E-state index in [9.17, 15) is 43.2 Å². The van der Waals surface area contributed by atoms with Crippen LogP contribution in [-0.2, 0) is 62.1 Å². The molecular weight excluding hydrogens is 1100 g/mol. The predicted octanol–water partition coefficient (Wildman–Crippen LogP) is 3.86. The molecule has 19 nitrogen and oxygen atoms in total. The van der Waals surface area contributed by atoms with E-state index in [0.717, 1.165) is 17.0 Å². The summed E-state index contributed by atoms with van der Waals surface area (Å²) in [5.41, 5.74) is 0. The van der Waals surface area contributed by atoms with E-state index in [1.807, 2.05) is 54.6 Å². The van der Waals surface area contributed by atoms with Crippen molar-refractivity contribution in [1.29, 1.82) is 0 Å². The molecule has 418 valence electrons. The van der Waals surface area contributed by atoms with Gasteiger partial charge in [-0.3, -0.25) is 28.8 Å². The first-order valence-corrected chi connectivity index (χ1v) is 32.4. The van der Waals surface area contributed by atoms with Crippen LogP contribution >= 0.6 is 42.4 Å². The van der Waals surface area contributed by atoms with Gasteiger partial charge in [0.2, 0.25) is 23.6 Å². The van der Waals surface area contributed by atoms with Gasteiger partial charge in [-0.1, -0.05) is 21.6 Å². The molecule has 0 fully saturated rings. The van der Waals surface area contributed by atoms with Gasteiger partial charge in [-0.25, -0.2) is 4.79 Å². The van der Waals surface area contributed by atoms with E-state index < -0.39 is 90.1 Å². The molecule has 0 saturated heterocycles. The normalized spacial score (nSPS) is 13.2. The summed E-state index contributed by atoms with van der Waals surface area (Å²) in [6.45, 7) is 7.45. The average Bonchev–Trinajstić information content (AvgIpc) is 3.41. The number of ether oxygens (including phenoxy) is 4. The Hall–Kier alpha value is -5.54. The standard InChI is InChI=1S/C53H74BrN6O13PS2/c1-6-70-48(64)34-56-50(66)44(36-75-76-37-45(51(67)57-35-49(65)71-7-2)60-47(63)31-30-43(58-38(5)61)53(69)73-9-4)55-32-21-28-42(52(68)72-8-3)59-46(62)29-19-20-33-74(54,39-22-13-10-14-23-39,40-24-15-11-16-25-40)41-26-17-12-18-27-41/h10-18,22-27,42-45,55H,6-9,19-21,28-37H2,1-5H3,(H,56,66)(H,57,67)(H,58,61)(H,59,62)(H,60,63)/t42-,43-,44-,45-/m0/s1. The van der Waals surface area contributed by atoms with Crippen molar-refractivity contribution in [1.82, 2.24) is 31.9 Å². The third-order valence-electron chi connectivity index (χ3n) is 11.6. The zero-order valence-electron chi connectivity index (χ0n) is 43.9. The molecule has 3 aromatic rings. The fourth-order valence-electron chi connectivity index (χ4n) is 8.00. The number of rotatable bonds is 36. The van der Waals surface area contributed by atoms with Gasteiger partial charge < -0.3 is 35.5 Å². The van der Waals surface area contributed by atoms with E-state index in [2.05, 4.69) is 83.8 Å². The molecule has 0 aromatic heterocycles. The molecule has 0 heterocycles. The maximum absolute atomic E-state index is 13.6. The fraction of sp³-hybridized carbons (Fsp3) is 0.491. The molecule has 6 N–H and O–H groups in total. The second-order valence-corrected chi connectivity index (χ2v) is 28.8. The van der Waals surface area contributed by atoms with Crippen LogP contribution in [0, 0.1) is 0 Å². The Morgan fingerprint density at radius 2 is 0.934 bits per heavy atom. The van der Waals surface area contributed by atoms with Crippen LogP contribution in [0.1, 0.15) is 79.6 Å². The molecule has 3 aromatic carbocycles. The molecule has 4 atom stereocenters. The zero-order valence-corrected chi connectivity index (χ0v) is 48.1. The van der Waals surface area contributed by atoms with Crippen molar-refractivity contribution in [2.24, 2.45) is 0 Å². The van der Waals surface area contributed by atoms with Gasteiger partial charge in [-0.15, -0.1) is 0 Å². The van der Waals surface area contributed by atoms with Gasteiger partial charge in [0.1, 0.15) is 25.2 Å². The van der Waals surface area contributed by atoms with Crippen molar-refractivity contribution >= 4 is 112 Å². The summed E-state index contributed by atoms with van der Waals surface area (Å²) in [6, 6.07) is 27.0. The van der Waals surface area contributed by atoms with E-state index in [1.54, 1.807) is 27.7 Å². The molecular formula is C53H74BrN6O13PS2. The first-order valence-electron chi connectivity index (χ1n) is 25.4. The van der Waals surface area contributed by atoms with E-state index in [1.165, 1.54) is 33.6 Å². The van der Waals surface area contributed by atoms with Crippen molar-refractivity contribution < 1.29 is 62.1 Å². The van der Waals surface area contributed by atoms with Gasteiger partial charge in [0.05, 0.1) is 19.8 Å². The van der Waals surface area contributed by atoms with Crippen LogP contribution in [0.3, 0.4) is 0 Å². The molecule has 0 bridgehead atoms. The Morgan fingerprint density at radius 1 is 0.513 bits per heavy atom. The Labute approximate surface area is 461 Å². The van der Waals surface area contributed by atoms with Gasteiger partial charge in [0.15, 0.2) is 0 Å². The third-order valence-corrected chi connectivity index (χ3v) is 24.1. The zero-order chi connectivity index (χ0) is 55.8. The van der Waals surface area contributed by atoms with Crippen LogP contribution in [0.5, 0.6) is 0 Å². The van der Waals surface area contributed by atoms with Crippen molar-refractivity contribution in [2.75, 3.05) is 63.7 Å². The fourth-order valence-corrected chi connectivity index (χ4v) is 18.1. The molecule has 5 amide bonds. The van der Waals surface area contributed by atoms with Crippen LogP contribution < -0.4 is 47.8 Å². The molecule has 0 saturated carbocycles. The van der Waals surface area contributed by atoms with Crippen molar-refractivity contribution in [3.8, 4) is 0 Å². The van der Waals surface area contributed by atoms with Crippen LogP contribution in [0.15, 0.2) is 91.0 Å². The van der Waals surface area contributed by atoms with Gasteiger partial charge >= 0.3 is 253 Å². The quantitative estimate of drug-likeness (QED) is 0.0159. The second kappa shape index (κ2) is 35.0. The van der Waals surface area contributed by atoms with E-state index >= 15 is 0 Å². The number of halogens is 1. The maximum atomic E-state index is 13.6. The monoisotopic (exact) mass is 1180 g/mol. The summed E-state index contributed by atoms with van der Waals surface area (Å²) in [7, 11) is 2.32. The Bertz CT molecular complexity index is 2250. The minimum absolute atomic E-state index is 0.0394. The SMILES string of the molecule is CCOC(=O)CNC(=O)[C@H](CSSC[C@H](NC(=O)CC[C@H](NC(C)=O)C(=O)OCC)C(=O)NCC(=O)OCC)NCCC[C@H](NC(=O)CCCCP(Br)(c1ccccc1)(c1ccccc1)c1ccccc1)C(=O)OCC. The number of hydrogen-bond acceptors (Lipinski definition) is 16. The molecule has 0 aliphatic carbocycles. The number of esters is 4. The van der Waals surface area contributed by atoms with Crippen molar-refractivity contribution in [3.05, 3.63) is 91.0 Å².